The zero-order valence-electron chi connectivity index (χ0n) is 22.7. The van der Waals surface area contributed by atoms with Crippen LogP contribution in [-0.4, -0.2) is 21.5 Å². The minimum Gasteiger partial charge on any atom is -0.337 e. The van der Waals surface area contributed by atoms with E-state index in [0.717, 1.165) is 45.4 Å². The van der Waals surface area contributed by atoms with Crippen LogP contribution in [0.1, 0.15) is 34.0 Å². The molecule has 0 saturated heterocycles. The molecule has 0 amide bonds. The molecule has 5 aromatic rings. The van der Waals surface area contributed by atoms with Crippen molar-refractivity contribution in [1.29, 1.82) is 0 Å². The number of nitrogens with zero attached hydrogens (tertiary/aromatic N) is 5. The minimum atomic E-state index is -0.280. The van der Waals surface area contributed by atoms with Crippen molar-refractivity contribution in [3.05, 3.63) is 129 Å². The summed E-state index contributed by atoms with van der Waals surface area (Å²) in [4.78, 5) is 12.6. The molecule has 8 heteroatoms. The molecule has 0 fully saturated rings. The Hall–Kier alpha value is -4.39. The highest BCUT2D eigenvalue weighted by Crippen LogP contribution is 2.48. The zero-order valence-corrected chi connectivity index (χ0v) is 24.2. The molecule has 0 saturated carbocycles. The van der Waals surface area contributed by atoms with E-state index in [4.69, 9.17) is 38.3 Å². The van der Waals surface area contributed by atoms with Gasteiger partial charge < -0.3 is 10.2 Å². The first-order valence-electron chi connectivity index (χ1n) is 13.4. The zero-order chi connectivity index (χ0) is 28.2. The van der Waals surface area contributed by atoms with Crippen LogP contribution in [0, 0.1) is 20.8 Å². The van der Waals surface area contributed by atoms with Crippen LogP contribution in [0.5, 0.6) is 0 Å². The number of hydrogen-bond donors (Lipinski definition) is 1. The third-order valence-corrected chi connectivity index (χ3v) is 8.41. The second-order valence-electron chi connectivity index (χ2n) is 10.3. The van der Waals surface area contributed by atoms with E-state index >= 15 is 0 Å². The first-order valence-corrected chi connectivity index (χ1v) is 14.1. The molecule has 1 aromatic heterocycles. The molecule has 202 valence electrons. The third-order valence-electron chi connectivity index (χ3n) is 7.67. The summed E-state index contributed by atoms with van der Waals surface area (Å²) in [6.45, 7) is 6.25. The lowest BCUT2D eigenvalue weighted by molar-refractivity contribution is 0.815. The van der Waals surface area contributed by atoms with Gasteiger partial charge in [0.15, 0.2) is 17.5 Å². The van der Waals surface area contributed by atoms with Gasteiger partial charge in [-0.1, -0.05) is 65.7 Å². The van der Waals surface area contributed by atoms with Gasteiger partial charge in [0.1, 0.15) is 0 Å². The molecule has 1 atom stereocenters. The topological polar surface area (TPSA) is 57.8 Å². The van der Waals surface area contributed by atoms with Gasteiger partial charge in [0.2, 0.25) is 0 Å². The van der Waals surface area contributed by atoms with Crippen molar-refractivity contribution < 1.29 is 0 Å². The summed E-state index contributed by atoms with van der Waals surface area (Å²) in [5, 5.41) is 9.57. The fraction of sp³-hybridized carbons (Fsp3) is 0.121. The fourth-order valence-electron chi connectivity index (χ4n) is 5.50. The van der Waals surface area contributed by atoms with Crippen molar-refractivity contribution in [2.24, 2.45) is 9.98 Å². The van der Waals surface area contributed by atoms with E-state index in [1.807, 2.05) is 78.3 Å². The molecule has 3 heterocycles. The van der Waals surface area contributed by atoms with Crippen LogP contribution in [0.25, 0.3) is 5.69 Å². The molecule has 0 spiro atoms. The van der Waals surface area contributed by atoms with Crippen LogP contribution in [0.2, 0.25) is 10.0 Å². The lowest BCUT2D eigenvalue weighted by Gasteiger charge is -2.40. The lowest BCUT2D eigenvalue weighted by atomic mass is 9.93. The number of rotatable bonds is 3. The van der Waals surface area contributed by atoms with Gasteiger partial charge in [-0.3, -0.25) is 0 Å². The first-order chi connectivity index (χ1) is 19.9. The summed E-state index contributed by atoms with van der Waals surface area (Å²) >= 11 is 13.0. The molecular weight excluding hydrogens is 551 g/mol. The van der Waals surface area contributed by atoms with E-state index < -0.39 is 0 Å². The maximum atomic E-state index is 6.60. The van der Waals surface area contributed by atoms with Crippen LogP contribution in [0.15, 0.2) is 101 Å². The number of aryl methyl sites for hydroxylation is 3. The molecule has 41 heavy (non-hydrogen) atoms. The Morgan fingerprint density at radius 2 is 1.54 bits per heavy atom. The Balaban J connectivity index is 1.50. The number of halogens is 2. The maximum absolute atomic E-state index is 6.60. The Kier molecular flexibility index (Phi) is 6.18. The fourth-order valence-corrected chi connectivity index (χ4v) is 5.81. The Morgan fingerprint density at radius 1 is 0.756 bits per heavy atom. The lowest BCUT2D eigenvalue weighted by Crippen LogP contribution is -2.46. The summed E-state index contributed by atoms with van der Waals surface area (Å²) in [5.41, 5.74) is 8.95. The highest BCUT2D eigenvalue weighted by molar-refractivity contribution is 6.51. The van der Waals surface area contributed by atoms with Gasteiger partial charge in [-0.25, -0.2) is 14.7 Å². The number of nitrogens with one attached hydrogen (secondary N) is 1. The molecule has 2 aliphatic rings. The van der Waals surface area contributed by atoms with E-state index in [2.05, 4.69) is 48.3 Å². The van der Waals surface area contributed by atoms with Gasteiger partial charge in [-0.15, -0.1) is 0 Å². The SMILES string of the molecule is Cc1ccc(NC2=Nc3ccccc3N3C2=Nc2c(c(C)nn2-c2ccccc2)C3c2ccc(Cl)c(Cl)c2)cc1C. The predicted molar refractivity (Wildman–Crippen MR) is 169 cm³/mol. The van der Waals surface area contributed by atoms with Gasteiger partial charge >= 0.3 is 0 Å². The van der Waals surface area contributed by atoms with E-state index in [9.17, 15) is 0 Å². The number of hydrogen-bond acceptors (Lipinski definition) is 5. The smallest absolute Gasteiger partial charge is 0.179 e. The van der Waals surface area contributed by atoms with Gasteiger partial charge in [0.05, 0.1) is 38.8 Å². The van der Waals surface area contributed by atoms with Gasteiger partial charge in [0, 0.05) is 11.3 Å². The Morgan fingerprint density at radius 3 is 2.32 bits per heavy atom. The molecule has 0 bridgehead atoms. The largest absolute Gasteiger partial charge is 0.337 e. The molecule has 2 aliphatic heterocycles. The highest BCUT2D eigenvalue weighted by atomic mass is 35.5. The van der Waals surface area contributed by atoms with Gasteiger partial charge in [-0.2, -0.15) is 5.10 Å². The highest BCUT2D eigenvalue weighted by Gasteiger charge is 2.41. The first kappa shape index (κ1) is 25.6. The van der Waals surface area contributed by atoms with Crippen LogP contribution >= 0.6 is 23.2 Å². The maximum Gasteiger partial charge on any atom is 0.179 e. The summed E-state index contributed by atoms with van der Waals surface area (Å²) in [6, 6.07) is 30.0. The second kappa shape index (κ2) is 9.91. The van der Waals surface area contributed by atoms with Crippen LogP contribution in [0.3, 0.4) is 0 Å². The van der Waals surface area contributed by atoms with Crippen molar-refractivity contribution in [3.8, 4) is 5.69 Å². The van der Waals surface area contributed by atoms with Crippen molar-refractivity contribution in [2.75, 3.05) is 10.2 Å². The van der Waals surface area contributed by atoms with E-state index in [0.29, 0.717) is 21.7 Å². The number of benzene rings is 4. The van der Waals surface area contributed by atoms with E-state index in [-0.39, 0.29) is 6.04 Å². The normalized spacial score (nSPS) is 15.4. The number of amidine groups is 2. The molecule has 6 nitrogen and oxygen atoms in total. The molecule has 4 aromatic carbocycles. The Bertz CT molecular complexity index is 1890. The molecule has 1 N–H and O–H groups in total. The average molecular weight is 578 g/mol. The third kappa shape index (κ3) is 4.31. The molecule has 1 unspecified atom stereocenters. The molecule has 7 rings (SSSR count). The second-order valence-corrected chi connectivity index (χ2v) is 11.1. The summed E-state index contributed by atoms with van der Waals surface area (Å²) in [5.74, 6) is 2.11. The summed E-state index contributed by atoms with van der Waals surface area (Å²) in [6.07, 6.45) is 0. The van der Waals surface area contributed by atoms with E-state index in [1.54, 1.807) is 0 Å². The van der Waals surface area contributed by atoms with Crippen LogP contribution < -0.4 is 10.2 Å². The number of anilines is 2. The van der Waals surface area contributed by atoms with Gasteiger partial charge in [0.25, 0.3) is 0 Å². The van der Waals surface area contributed by atoms with Crippen molar-refractivity contribution in [2.45, 2.75) is 26.8 Å². The van der Waals surface area contributed by atoms with Gasteiger partial charge in [-0.05, 0) is 86.0 Å². The minimum absolute atomic E-state index is 0.280. The number of aromatic nitrogens is 2. The monoisotopic (exact) mass is 576 g/mol. The summed E-state index contributed by atoms with van der Waals surface area (Å²) < 4.78 is 1.91. The molecule has 0 aliphatic carbocycles. The summed E-state index contributed by atoms with van der Waals surface area (Å²) in [7, 11) is 0. The average Bonchev–Trinajstić information content (AvgIpc) is 3.32. The molecular formula is C33H26Cl2N6. The number of aliphatic imine (C=N–C) groups is 2. The number of fused-ring (bicyclic) bond motifs is 4. The predicted octanol–water partition coefficient (Wildman–Crippen LogP) is 8.90. The quantitative estimate of drug-likeness (QED) is 0.233. The van der Waals surface area contributed by atoms with Crippen molar-refractivity contribution in [1.82, 2.24) is 9.78 Å². The molecule has 0 radical (unpaired) electrons. The number of para-hydroxylation sites is 3. The van der Waals surface area contributed by atoms with Crippen molar-refractivity contribution in [3.63, 3.8) is 0 Å². The van der Waals surface area contributed by atoms with Crippen molar-refractivity contribution >= 4 is 57.8 Å². The Labute approximate surface area is 248 Å². The van der Waals surface area contributed by atoms with Crippen LogP contribution in [0.4, 0.5) is 22.9 Å². The standard InChI is InChI=1S/C33H26Cl2N6/c1-19-13-15-23(17-20(19)2)36-31-33-38-32-29(21(3)39-41(32)24-9-5-4-6-10-24)30(22-14-16-25(34)26(35)18-22)40(33)28-12-8-7-11-27(28)37-31/h4-18,30H,1-3H3,(H,36,37). The van der Waals surface area contributed by atoms with E-state index in [1.165, 1.54) is 11.1 Å². The van der Waals surface area contributed by atoms with Crippen LogP contribution in [-0.2, 0) is 0 Å².